The average molecular weight is 348 g/mol. The number of aromatic nitrogens is 2. The molecule has 0 saturated carbocycles. The molecule has 1 rings (SSSR count). The maximum Gasteiger partial charge on any atom is 0.425 e. The number of hydrogen-bond acceptors (Lipinski definition) is 6. The van der Waals surface area contributed by atoms with Gasteiger partial charge >= 0.3 is 12.2 Å². The van der Waals surface area contributed by atoms with Crippen LogP contribution < -0.4 is 9.64 Å². The Kier molecular flexibility index (Phi) is 4.88. The highest BCUT2D eigenvalue weighted by Gasteiger charge is 2.32. The SMILES string of the molecule is COc1nc(Br)cnc1N(C(=O)O)C(=O)OC(C)(C)C. The van der Waals surface area contributed by atoms with E-state index < -0.39 is 17.8 Å². The first-order chi connectivity index (χ1) is 9.15. The molecular formula is C11H14BrN3O5. The van der Waals surface area contributed by atoms with Gasteiger partial charge in [-0.2, -0.15) is 4.90 Å². The second-order valence-electron chi connectivity index (χ2n) is 4.62. The van der Waals surface area contributed by atoms with Gasteiger partial charge in [-0.05, 0) is 36.7 Å². The van der Waals surface area contributed by atoms with Crippen LogP contribution in [-0.4, -0.2) is 40.0 Å². The van der Waals surface area contributed by atoms with Gasteiger partial charge in [-0.15, -0.1) is 0 Å². The maximum absolute atomic E-state index is 11.9. The maximum atomic E-state index is 11.9. The summed E-state index contributed by atoms with van der Waals surface area (Å²) in [4.78, 5) is 31.3. The van der Waals surface area contributed by atoms with Gasteiger partial charge in [0, 0.05) is 0 Å². The molecule has 0 aliphatic rings. The minimum Gasteiger partial charge on any atom is -0.478 e. The third-order valence-electron chi connectivity index (χ3n) is 1.87. The van der Waals surface area contributed by atoms with Crippen LogP contribution in [0.2, 0.25) is 0 Å². The molecule has 2 amide bonds. The van der Waals surface area contributed by atoms with Gasteiger partial charge in [-0.3, -0.25) is 0 Å². The monoisotopic (exact) mass is 347 g/mol. The van der Waals surface area contributed by atoms with E-state index in [1.165, 1.54) is 13.3 Å². The van der Waals surface area contributed by atoms with Crippen LogP contribution in [0, 0.1) is 0 Å². The van der Waals surface area contributed by atoms with Crippen LogP contribution in [0.15, 0.2) is 10.8 Å². The summed E-state index contributed by atoms with van der Waals surface area (Å²) < 4.78 is 10.3. The van der Waals surface area contributed by atoms with Gasteiger partial charge in [0.15, 0.2) is 0 Å². The summed E-state index contributed by atoms with van der Waals surface area (Å²) in [6, 6.07) is 0. The lowest BCUT2D eigenvalue weighted by Gasteiger charge is -2.24. The van der Waals surface area contributed by atoms with Crippen LogP contribution in [0.4, 0.5) is 15.4 Å². The van der Waals surface area contributed by atoms with E-state index in [9.17, 15) is 14.7 Å². The number of amides is 2. The molecule has 0 saturated heterocycles. The summed E-state index contributed by atoms with van der Waals surface area (Å²) in [5.41, 5.74) is -0.846. The van der Waals surface area contributed by atoms with Crippen LogP contribution in [0.5, 0.6) is 5.88 Å². The van der Waals surface area contributed by atoms with Crippen LogP contribution in [-0.2, 0) is 4.74 Å². The summed E-state index contributed by atoms with van der Waals surface area (Å²) in [6.07, 6.45) is -1.38. The summed E-state index contributed by atoms with van der Waals surface area (Å²) in [7, 11) is 1.29. The molecule has 0 radical (unpaired) electrons. The van der Waals surface area contributed by atoms with E-state index >= 15 is 0 Å². The zero-order valence-corrected chi connectivity index (χ0v) is 13.0. The highest BCUT2D eigenvalue weighted by molar-refractivity contribution is 9.10. The van der Waals surface area contributed by atoms with Crippen molar-refractivity contribution in [1.82, 2.24) is 9.97 Å². The first-order valence-electron chi connectivity index (χ1n) is 5.48. The van der Waals surface area contributed by atoms with Crippen LogP contribution in [0.1, 0.15) is 20.8 Å². The van der Waals surface area contributed by atoms with E-state index in [1.807, 2.05) is 0 Å². The van der Waals surface area contributed by atoms with E-state index in [0.717, 1.165) is 0 Å². The van der Waals surface area contributed by atoms with Crippen LogP contribution in [0.25, 0.3) is 0 Å². The van der Waals surface area contributed by atoms with E-state index in [0.29, 0.717) is 9.50 Å². The molecular weight excluding hydrogens is 334 g/mol. The molecule has 0 atom stereocenters. The molecule has 110 valence electrons. The van der Waals surface area contributed by atoms with Crippen molar-refractivity contribution in [1.29, 1.82) is 0 Å². The average Bonchev–Trinajstić information content (AvgIpc) is 2.28. The zero-order chi connectivity index (χ0) is 15.5. The minimum atomic E-state index is -1.55. The van der Waals surface area contributed by atoms with E-state index in [-0.39, 0.29) is 11.7 Å². The Labute approximate surface area is 123 Å². The highest BCUT2D eigenvalue weighted by Crippen LogP contribution is 2.26. The second-order valence-corrected chi connectivity index (χ2v) is 5.44. The smallest absolute Gasteiger partial charge is 0.425 e. The number of hydrogen-bond donors (Lipinski definition) is 1. The fourth-order valence-electron chi connectivity index (χ4n) is 1.20. The zero-order valence-electron chi connectivity index (χ0n) is 11.4. The van der Waals surface area contributed by atoms with Gasteiger partial charge < -0.3 is 14.6 Å². The van der Waals surface area contributed by atoms with E-state index in [1.54, 1.807) is 20.8 Å². The lowest BCUT2D eigenvalue weighted by Crippen LogP contribution is -2.41. The van der Waals surface area contributed by atoms with Crippen molar-refractivity contribution in [2.24, 2.45) is 0 Å². The van der Waals surface area contributed by atoms with Crippen molar-refractivity contribution >= 4 is 33.9 Å². The number of nitrogens with zero attached hydrogens (tertiary/aromatic N) is 3. The van der Waals surface area contributed by atoms with Crippen LogP contribution >= 0.6 is 15.9 Å². The quantitative estimate of drug-likeness (QED) is 0.876. The topological polar surface area (TPSA) is 102 Å². The summed E-state index contributed by atoms with van der Waals surface area (Å²) in [5, 5.41) is 9.17. The highest BCUT2D eigenvalue weighted by atomic mass is 79.9. The van der Waals surface area contributed by atoms with Gasteiger partial charge in [-0.1, -0.05) is 0 Å². The number of carboxylic acid groups (broad SMARTS) is 1. The Morgan fingerprint density at radius 1 is 1.40 bits per heavy atom. The molecule has 9 heteroatoms. The van der Waals surface area contributed by atoms with Crippen molar-refractivity contribution in [2.75, 3.05) is 12.0 Å². The van der Waals surface area contributed by atoms with Crippen LogP contribution in [0.3, 0.4) is 0 Å². The fourth-order valence-corrected chi connectivity index (χ4v) is 1.46. The molecule has 0 aliphatic heterocycles. The number of carbonyl (C=O) groups is 2. The lowest BCUT2D eigenvalue weighted by molar-refractivity contribution is 0.0579. The second kappa shape index (κ2) is 6.04. The molecule has 0 unspecified atom stereocenters. The Morgan fingerprint density at radius 2 is 2.00 bits per heavy atom. The number of halogens is 1. The van der Waals surface area contributed by atoms with Crippen molar-refractivity contribution in [3.8, 4) is 5.88 Å². The number of methoxy groups -OCH3 is 1. The van der Waals surface area contributed by atoms with Gasteiger partial charge in [-0.25, -0.2) is 19.6 Å². The fraction of sp³-hybridized carbons (Fsp3) is 0.455. The number of ether oxygens (including phenoxy) is 2. The largest absolute Gasteiger partial charge is 0.478 e. The molecule has 0 fully saturated rings. The Hall–Kier alpha value is -1.90. The lowest BCUT2D eigenvalue weighted by atomic mass is 10.2. The number of anilines is 1. The van der Waals surface area contributed by atoms with Crippen molar-refractivity contribution in [3.05, 3.63) is 10.8 Å². The summed E-state index contributed by atoms with van der Waals surface area (Å²) in [6.45, 7) is 4.86. The number of carbonyl (C=O) groups excluding carboxylic acids is 1. The predicted molar refractivity (Wildman–Crippen MR) is 73.0 cm³/mol. The summed E-state index contributed by atoms with van der Waals surface area (Å²) >= 11 is 3.07. The molecule has 1 N–H and O–H groups in total. The Morgan fingerprint density at radius 3 is 2.45 bits per heavy atom. The third kappa shape index (κ3) is 4.05. The molecule has 8 nitrogen and oxygen atoms in total. The number of rotatable bonds is 2. The van der Waals surface area contributed by atoms with Gasteiger partial charge in [0.1, 0.15) is 10.2 Å². The molecule has 0 aromatic carbocycles. The van der Waals surface area contributed by atoms with Crippen molar-refractivity contribution in [2.45, 2.75) is 26.4 Å². The van der Waals surface area contributed by atoms with Gasteiger partial charge in [0.05, 0.1) is 13.3 Å². The van der Waals surface area contributed by atoms with E-state index in [2.05, 4.69) is 25.9 Å². The normalized spacial score (nSPS) is 10.8. The molecule has 1 aromatic heterocycles. The minimum absolute atomic E-state index is 0.118. The molecule has 0 spiro atoms. The summed E-state index contributed by atoms with van der Waals surface area (Å²) in [5.74, 6) is -0.384. The Balaban J connectivity index is 3.21. The standard InChI is InChI=1S/C11H14BrN3O5/c1-11(2,3)20-10(18)15(9(16)17)7-8(19-4)14-6(12)5-13-7/h5H,1-4H3,(H,16,17). The molecule has 1 aromatic rings. The van der Waals surface area contributed by atoms with Gasteiger partial charge in [0.2, 0.25) is 5.82 Å². The first kappa shape index (κ1) is 16.2. The van der Waals surface area contributed by atoms with E-state index in [4.69, 9.17) is 9.47 Å². The van der Waals surface area contributed by atoms with Gasteiger partial charge in [0.25, 0.3) is 5.88 Å². The molecule has 1 heterocycles. The first-order valence-corrected chi connectivity index (χ1v) is 6.27. The Bertz CT molecular complexity index is 529. The van der Waals surface area contributed by atoms with Crippen molar-refractivity contribution in [3.63, 3.8) is 0 Å². The predicted octanol–water partition coefficient (Wildman–Crippen LogP) is 2.67. The molecule has 0 aliphatic carbocycles. The number of imide groups is 1. The third-order valence-corrected chi connectivity index (χ3v) is 2.25. The van der Waals surface area contributed by atoms with Crippen molar-refractivity contribution < 1.29 is 24.2 Å². The molecule has 20 heavy (non-hydrogen) atoms. The molecule has 0 bridgehead atoms.